The van der Waals surface area contributed by atoms with Gasteiger partial charge in [-0.25, -0.2) is 0 Å². The van der Waals surface area contributed by atoms with E-state index in [0.717, 1.165) is 48.1 Å². The summed E-state index contributed by atoms with van der Waals surface area (Å²) in [6.45, 7) is 4.41. The summed E-state index contributed by atoms with van der Waals surface area (Å²) < 4.78 is 6.19. The van der Waals surface area contributed by atoms with Gasteiger partial charge in [0.15, 0.2) is 0 Å². The van der Waals surface area contributed by atoms with Crippen LogP contribution in [0.3, 0.4) is 0 Å². The Hall–Kier alpha value is -0.870. The van der Waals surface area contributed by atoms with Gasteiger partial charge in [-0.1, -0.05) is 22.0 Å². The molecule has 1 aliphatic rings. The maximum Gasteiger partial charge on any atom is 0.253 e. The fraction of sp³-hybridized carbons (Fsp3) is 0.533. The molecule has 1 atom stereocenters. The highest BCUT2D eigenvalue weighted by Crippen LogP contribution is 2.22. The van der Waals surface area contributed by atoms with Crippen molar-refractivity contribution in [2.45, 2.75) is 19.8 Å². The molecule has 0 spiro atoms. The van der Waals surface area contributed by atoms with Crippen LogP contribution in [-0.2, 0) is 4.74 Å². The zero-order chi connectivity index (χ0) is 13.8. The minimum atomic E-state index is 0.126. The predicted molar refractivity (Wildman–Crippen MR) is 79.4 cm³/mol. The first kappa shape index (κ1) is 14.5. The second kappa shape index (κ2) is 6.53. The smallest absolute Gasteiger partial charge is 0.253 e. The number of aryl methyl sites for hydroxylation is 1. The van der Waals surface area contributed by atoms with Gasteiger partial charge in [0.2, 0.25) is 0 Å². The quantitative estimate of drug-likeness (QED) is 0.853. The zero-order valence-electron chi connectivity index (χ0n) is 11.5. The van der Waals surface area contributed by atoms with E-state index in [1.54, 1.807) is 7.11 Å². The third kappa shape index (κ3) is 3.57. The minimum Gasteiger partial charge on any atom is -0.384 e. The van der Waals surface area contributed by atoms with Crippen LogP contribution in [0.4, 0.5) is 0 Å². The van der Waals surface area contributed by atoms with Crippen molar-refractivity contribution in [3.63, 3.8) is 0 Å². The Kier molecular flexibility index (Phi) is 4.99. The van der Waals surface area contributed by atoms with E-state index >= 15 is 0 Å². The number of amides is 1. The van der Waals surface area contributed by atoms with Gasteiger partial charge in [-0.3, -0.25) is 4.79 Å². The lowest BCUT2D eigenvalue weighted by Gasteiger charge is -2.32. The molecule has 0 aliphatic carbocycles. The molecule has 0 saturated carbocycles. The molecule has 1 aromatic rings. The van der Waals surface area contributed by atoms with Crippen molar-refractivity contribution in [3.05, 3.63) is 33.8 Å². The van der Waals surface area contributed by atoms with Crippen molar-refractivity contribution in [1.82, 2.24) is 4.90 Å². The van der Waals surface area contributed by atoms with Crippen molar-refractivity contribution in [2.75, 3.05) is 26.8 Å². The molecule has 3 nitrogen and oxygen atoms in total. The first-order chi connectivity index (χ1) is 9.11. The van der Waals surface area contributed by atoms with Gasteiger partial charge >= 0.3 is 0 Å². The fourth-order valence-electron chi connectivity index (χ4n) is 2.53. The highest BCUT2D eigenvalue weighted by Gasteiger charge is 2.24. The Morgan fingerprint density at radius 2 is 2.32 bits per heavy atom. The van der Waals surface area contributed by atoms with Gasteiger partial charge in [-0.2, -0.15) is 0 Å². The number of hydrogen-bond acceptors (Lipinski definition) is 2. The Labute approximate surface area is 123 Å². The third-order valence-electron chi connectivity index (χ3n) is 3.63. The molecule has 1 amide bonds. The summed E-state index contributed by atoms with van der Waals surface area (Å²) in [5.41, 5.74) is 1.91. The lowest BCUT2D eigenvalue weighted by Crippen LogP contribution is -2.41. The largest absolute Gasteiger partial charge is 0.384 e. The van der Waals surface area contributed by atoms with Crippen LogP contribution in [0.5, 0.6) is 0 Å². The van der Waals surface area contributed by atoms with E-state index < -0.39 is 0 Å². The monoisotopic (exact) mass is 325 g/mol. The van der Waals surface area contributed by atoms with E-state index in [1.165, 1.54) is 0 Å². The van der Waals surface area contributed by atoms with E-state index in [9.17, 15) is 4.79 Å². The van der Waals surface area contributed by atoms with E-state index in [2.05, 4.69) is 15.9 Å². The van der Waals surface area contributed by atoms with Gasteiger partial charge in [0.25, 0.3) is 5.91 Å². The van der Waals surface area contributed by atoms with Gasteiger partial charge in [0.05, 0.1) is 6.61 Å². The van der Waals surface area contributed by atoms with Crippen LogP contribution in [0.1, 0.15) is 28.8 Å². The summed E-state index contributed by atoms with van der Waals surface area (Å²) in [5, 5.41) is 0. The number of nitrogens with zero attached hydrogens (tertiary/aromatic N) is 1. The maximum absolute atomic E-state index is 12.5. The number of likely N-dealkylation sites (tertiary alicyclic amines) is 1. The predicted octanol–water partition coefficient (Wildman–Crippen LogP) is 3.26. The molecule has 1 aliphatic heterocycles. The molecule has 1 fully saturated rings. The lowest BCUT2D eigenvalue weighted by molar-refractivity contribution is 0.0571. The van der Waals surface area contributed by atoms with Gasteiger partial charge in [-0.05, 0) is 43.4 Å². The fourth-order valence-corrected chi connectivity index (χ4v) is 2.91. The number of halogens is 1. The molecular weight excluding hydrogens is 306 g/mol. The molecule has 1 heterocycles. The zero-order valence-corrected chi connectivity index (χ0v) is 13.1. The summed E-state index contributed by atoms with van der Waals surface area (Å²) in [4.78, 5) is 14.4. The summed E-state index contributed by atoms with van der Waals surface area (Å²) in [6.07, 6.45) is 2.21. The average molecular weight is 326 g/mol. The van der Waals surface area contributed by atoms with Crippen LogP contribution in [-0.4, -0.2) is 37.6 Å². The molecule has 2 rings (SSSR count). The Balaban J connectivity index is 2.08. The van der Waals surface area contributed by atoms with Crippen LogP contribution in [0, 0.1) is 12.8 Å². The first-order valence-corrected chi connectivity index (χ1v) is 7.45. The molecule has 1 saturated heterocycles. The molecule has 0 N–H and O–H groups in total. The van der Waals surface area contributed by atoms with E-state index in [0.29, 0.717) is 5.92 Å². The molecule has 19 heavy (non-hydrogen) atoms. The van der Waals surface area contributed by atoms with Crippen molar-refractivity contribution in [1.29, 1.82) is 0 Å². The summed E-state index contributed by atoms with van der Waals surface area (Å²) in [7, 11) is 1.72. The molecular formula is C15H20BrNO2. The normalized spacial score (nSPS) is 19.5. The number of carbonyl (C=O) groups excluding carboxylic acids is 1. The number of carbonyl (C=O) groups is 1. The number of ether oxygens (including phenoxy) is 1. The Morgan fingerprint density at radius 1 is 1.53 bits per heavy atom. The van der Waals surface area contributed by atoms with Gasteiger partial charge in [0, 0.05) is 30.2 Å². The molecule has 1 unspecified atom stereocenters. The van der Waals surface area contributed by atoms with Crippen LogP contribution in [0.15, 0.2) is 22.7 Å². The maximum atomic E-state index is 12.5. The molecule has 0 radical (unpaired) electrons. The van der Waals surface area contributed by atoms with Gasteiger partial charge in [0.1, 0.15) is 0 Å². The van der Waals surface area contributed by atoms with Crippen molar-refractivity contribution in [2.24, 2.45) is 5.92 Å². The first-order valence-electron chi connectivity index (χ1n) is 6.66. The van der Waals surface area contributed by atoms with Crippen molar-refractivity contribution >= 4 is 21.8 Å². The molecule has 1 aromatic carbocycles. The highest BCUT2D eigenvalue weighted by molar-refractivity contribution is 9.10. The average Bonchev–Trinajstić information content (AvgIpc) is 2.42. The summed E-state index contributed by atoms with van der Waals surface area (Å²) >= 11 is 3.48. The topological polar surface area (TPSA) is 29.5 Å². The van der Waals surface area contributed by atoms with Crippen LogP contribution in [0.25, 0.3) is 0 Å². The number of piperidine rings is 1. The second-order valence-corrected chi connectivity index (χ2v) is 6.03. The van der Waals surface area contributed by atoms with Crippen molar-refractivity contribution in [3.8, 4) is 0 Å². The SMILES string of the molecule is COCC1CCCN(C(=O)c2ccc(C)c(Br)c2)C1. The second-order valence-electron chi connectivity index (χ2n) is 5.18. The molecule has 4 heteroatoms. The van der Waals surface area contributed by atoms with Crippen molar-refractivity contribution < 1.29 is 9.53 Å². The summed E-state index contributed by atoms with van der Waals surface area (Å²) in [6, 6.07) is 5.80. The number of rotatable bonds is 3. The minimum absolute atomic E-state index is 0.126. The van der Waals surface area contributed by atoms with Crippen LogP contribution in [0.2, 0.25) is 0 Å². The summed E-state index contributed by atoms with van der Waals surface area (Å²) in [5.74, 6) is 0.595. The standard InChI is InChI=1S/C15H20BrNO2/c1-11-5-6-13(8-14(11)16)15(18)17-7-3-4-12(9-17)10-19-2/h5-6,8,12H,3-4,7,9-10H2,1-2H3. The Bertz CT molecular complexity index is 459. The van der Waals surface area contributed by atoms with E-state index in [-0.39, 0.29) is 5.91 Å². The number of methoxy groups -OCH3 is 1. The molecule has 0 aromatic heterocycles. The number of benzene rings is 1. The van der Waals surface area contributed by atoms with Gasteiger partial charge in [-0.15, -0.1) is 0 Å². The Morgan fingerprint density at radius 3 is 3.00 bits per heavy atom. The number of hydrogen-bond donors (Lipinski definition) is 0. The van der Waals surface area contributed by atoms with Crippen LogP contribution >= 0.6 is 15.9 Å². The van der Waals surface area contributed by atoms with Crippen LogP contribution < -0.4 is 0 Å². The molecule has 104 valence electrons. The lowest BCUT2D eigenvalue weighted by atomic mass is 9.98. The third-order valence-corrected chi connectivity index (χ3v) is 4.48. The van der Waals surface area contributed by atoms with E-state index in [4.69, 9.17) is 4.74 Å². The van der Waals surface area contributed by atoms with Gasteiger partial charge < -0.3 is 9.64 Å². The molecule has 0 bridgehead atoms. The highest BCUT2D eigenvalue weighted by atomic mass is 79.9. The van der Waals surface area contributed by atoms with E-state index in [1.807, 2.05) is 30.0 Å².